The van der Waals surface area contributed by atoms with Crippen molar-refractivity contribution in [1.82, 2.24) is 4.98 Å². The second kappa shape index (κ2) is 5.47. The summed E-state index contributed by atoms with van der Waals surface area (Å²) in [6, 6.07) is 6.12. The van der Waals surface area contributed by atoms with E-state index in [2.05, 4.69) is 0 Å². The highest BCUT2D eigenvalue weighted by Crippen LogP contribution is 2.36. The van der Waals surface area contributed by atoms with Gasteiger partial charge in [-0.15, -0.1) is 11.3 Å². The van der Waals surface area contributed by atoms with E-state index < -0.39 is 0 Å². The molecule has 3 rings (SSSR count). The summed E-state index contributed by atoms with van der Waals surface area (Å²) in [5.41, 5.74) is 7.46. The van der Waals surface area contributed by atoms with Gasteiger partial charge in [-0.3, -0.25) is 0 Å². The Morgan fingerprint density at radius 2 is 2.11 bits per heavy atom. The zero-order chi connectivity index (χ0) is 13.2. The molecule has 2 aromatic rings. The first kappa shape index (κ1) is 12.9. The fourth-order valence-corrected chi connectivity index (χ4v) is 3.98. The van der Waals surface area contributed by atoms with Crippen LogP contribution in [-0.4, -0.2) is 12.1 Å². The summed E-state index contributed by atoms with van der Waals surface area (Å²) in [4.78, 5) is 4.70. The summed E-state index contributed by atoms with van der Waals surface area (Å²) < 4.78 is 6.42. The van der Waals surface area contributed by atoms with Crippen LogP contribution < -0.4 is 10.5 Å². The third kappa shape index (κ3) is 2.60. The first-order valence-corrected chi connectivity index (χ1v) is 7.79. The van der Waals surface area contributed by atoms with Crippen LogP contribution >= 0.6 is 11.3 Å². The Bertz CT molecular complexity index is 560. The molecule has 0 saturated heterocycles. The molecular weight excluding hydrogens is 256 g/mol. The molecule has 0 amide bonds. The van der Waals surface area contributed by atoms with Gasteiger partial charge in [0.1, 0.15) is 10.8 Å². The van der Waals surface area contributed by atoms with Crippen LogP contribution in [0.1, 0.15) is 43.2 Å². The fourth-order valence-electron chi connectivity index (χ4n) is 2.89. The molecule has 1 fully saturated rings. The summed E-state index contributed by atoms with van der Waals surface area (Å²) in [6.45, 7) is 0. The molecule has 102 valence electrons. The SMILES string of the molecule is COc1ccc2nc(C(N)C3CCCCC3)sc2c1. The van der Waals surface area contributed by atoms with Crippen molar-refractivity contribution in [1.29, 1.82) is 0 Å². The predicted octanol–water partition coefficient (Wildman–Crippen LogP) is 3.89. The number of hydrogen-bond acceptors (Lipinski definition) is 4. The Labute approximate surface area is 117 Å². The molecule has 4 heteroatoms. The van der Waals surface area contributed by atoms with Crippen LogP contribution in [0.4, 0.5) is 0 Å². The Morgan fingerprint density at radius 3 is 2.84 bits per heavy atom. The second-order valence-electron chi connectivity index (χ2n) is 5.31. The first-order valence-electron chi connectivity index (χ1n) is 6.98. The number of thiazole rings is 1. The molecule has 1 atom stereocenters. The highest BCUT2D eigenvalue weighted by atomic mass is 32.1. The van der Waals surface area contributed by atoms with Crippen molar-refractivity contribution in [3.63, 3.8) is 0 Å². The van der Waals surface area contributed by atoms with Gasteiger partial charge < -0.3 is 10.5 Å². The van der Waals surface area contributed by atoms with Crippen molar-refractivity contribution in [3.05, 3.63) is 23.2 Å². The van der Waals surface area contributed by atoms with E-state index >= 15 is 0 Å². The molecule has 19 heavy (non-hydrogen) atoms. The van der Waals surface area contributed by atoms with Gasteiger partial charge in [-0.2, -0.15) is 0 Å². The summed E-state index contributed by atoms with van der Waals surface area (Å²) in [5, 5.41) is 1.08. The zero-order valence-corrected chi connectivity index (χ0v) is 12.1. The fraction of sp³-hybridized carbons (Fsp3) is 0.533. The number of fused-ring (bicyclic) bond motifs is 1. The van der Waals surface area contributed by atoms with Gasteiger partial charge in [0, 0.05) is 0 Å². The van der Waals surface area contributed by atoms with Crippen LogP contribution in [0.25, 0.3) is 10.2 Å². The van der Waals surface area contributed by atoms with Crippen molar-refractivity contribution in [2.24, 2.45) is 11.7 Å². The molecular formula is C15H20N2OS. The Hall–Kier alpha value is -1.13. The van der Waals surface area contributed by atoms with Crippen LogP contribution in [0.15, 0.2) is 18.2 Å². The Kier molecular flexibility index (Phi) is 3.71. The van der Waals surface area contributed by atoms with E-state index in [0.717, 1.165) is 16.3 Å². The van der Waals surface area contributed by atoms with E-state index in [1.165, 1.54) is 36.8 Å². The van der Waals surface area contributed by atoms with Gasteiger partial charge in [0.05, 0.1) is 23.4 Å². The minimum absolute atomic E-state index is 0.101. The predicted molar refractivity (Wildman–Crippen MR) is 79.7 cm³/mol. The van der Waals surface area contributed by atoms with Gasteiger partial charge in [-0.05, 0) is 37.0 Å². The smallest absolute Gasteiger partial charge is 0.120 e. The minimum atomic E-state index is 0.101. The number of ether oxygens (including phenoxy) is 1. The molecule has 0 aliphatic heterocycles. The molecule has 1 aliphatic rings. The van der Waals surface area contributed by atoms with E-state index in [9.17, 15) is 0 Å². The minimum Gasteiger partial charge on any atom is -0.497 e. The average molecular weight is 276 g/mol. The molecule has 0 radical (unpaired) electrons. The number of methoxy groups -OCH3 is 1. The van der Waals surface area contributed by atoms with Crippen LogP contribution in [0.2, 0.25) is 0 Å². The normalized spacial score (nSPS) is 18.6. The maximum Gasteiger partial charge on any atom is 0.120 e. The maximum absolute atomic E-state index is 6.42. The molecule has 1 aromatic heterocycles. The third-order valence-electron chi connectivity index (χ3n) is 4.05. The van der Waals surface area contributed by atoms with E-state index in [1.807, 2.05) is 18.2 Å². The van der Waals surface area contributed by atoms with Gasteiger partial charge in [0.2, 0.25) is 0 Å². The van der Waals surface area contributed by atoms with Crippen LogP contribution in [0.5, 0.6) is 5.75 Å². The van der Waals surface area contributed by atoms with E-state index in [-0.39, 0.29) is 6.04 Å². The quantitative estimate of drug-likeness (QED) is 0.925. The molecule has 0 bridgehead atoms. The van der Waals surface area contributed by atoms with Crippen LogP contribution in [0.3, 0.4) is 0 Å². The lowest BCUT2D eigenvalue weighted by Gasteiger charge is -2.25. The van der Waals surface area contributed by atoms with Crippen LogP contribution in [-0.2, 0) is 0 Å². The lowest BCUT2D eigenvalue weighted by molar-refractivity contribution is 0.308. The molecule has 1 aromatic carbocycles. The van der Waals surface area contributed by atoms with E-state index in [0.29, 0.717) is 5.92 Å². The number of rotatable bonds is 3. The van der Waals surface area contributed by atoms with Gasteiger partial charge >= 0.3 is 0 Å². The summed E-state index contributed by atoms with van der Waals surface area (Å²) in [7, 11) is 1.69. The van der Waals surface area contributed by atoms with Gasteiger partial charge in [-0.25, -0.2) is 4.98 Å². The van der Waals surface area contributed by atoms with Crippen molar-refractivity contribution >= 4 is 21.6 Å². The number of nitrogens with two attached hydrogens (primary N) is 1. The molecule has 1 unspecified atom stereocenters. The zero-order valence-electron chi connectivity index (χ0n) is 11.3. The largest absolute Gasteiger partial charge is 0.497 e. The van der Waals surface area contributed by atoms with Crippen molar-refractivity contribution < 1.29 is 4.74 Å². The second-order valence-corrected chi connectivity index (χ2v) is 6.37. The standard InChI is InChI=1S/C15H20N2OS/c1-18-11-7-8-12-13(9-11)19-15(17-12)14(16)10-5-3-2-4-6-10/h7-10,14H,2-6,16H2,1H3. The van der Waals surface area contributed by atoms with Crippen molar-refractivity contribution in [3.8, 4) is 5.75 Å². The summed E-state index contributed by atoms with van der Waals surface area (Å²) in [6.07, 6.45) is 6.50. The van der Waals surface area contributed by atoms with E-state index in [4.69, 9.17) is 15.5 Å². The van der Waals surface area contributed by atoms with Gasteiger partial charge in [0.15, 0.2) is 0 Å². The highest BCUT2D eigenvalue weighted by molar-refractivity contribution is 7.18. The van der Waals surface area contributed by atoms with Crippen molar-refractivity contribution in [2.45, 2.75) is 38.1 Å². The number of nitrogens with zero attached hydrogens (tertiary/aromatic N) is 1. The highest BCUT2D eigenvalue weighted by Gasteiger charge is 2.24. The summed E-state index contributed by atoms with van der Waals surface area (Å²) in [5.74, 6) is 1.49. The first-order chi connectivity index (χ1) is 9.28. The Morgan fingerprint density at radius 1 is 1.32 bits per heavy atom. The van der Waals surface area contributed by atoms with Gasteiger partial charge in [0.25, 0.3) is 0 Å². The molecule has 0 spiro atoms. The topological polar surface area (TPSA) is 48.1 Å². The number of aromatic nitrogens is 1. The average Bonchev–Trinajstić information content (AvgIpc) is 2.90. The summed E-state index contributed by atoms with van der Waals surface area (Å²) >= 11 is 1.71. The Balaban J connectivity index is 1.87. The van der Waals surface area contributed by atoms with E-state index in [1.54, 1.807) is 18.4 Å². The lowest BCUT2D eigenvalue weighted by atomic mass is 9.84. The number of benzene rings is 1. The molecule has 1 saturated carbocycles. The number of hydrogen-bond donors (Lipinski definition) is 1. The maximum atomic E-state index is 6.42. The third-order valence-corrected chi connectivity index (χ3v) is 5.17. The molecule has 2 N–H and O–H groups in total. The van der Waals surface area contributed by atoms with Crippen LogP contribution in [0, 0.1) is 5.92 Å². The van der Waals surface area contributed by atoms with Gasteiger partial charge in [-0.1, -0.05) is 19.3 Å². The monoisotopic (exact) mass is 276 g/mol. The molecule has 1 aliphatic carbocycles. The van der Waals surface area contributed by atoms with Crippen molar-refractivity contribution in [2.75, 3.05) is 7.11 Å². The molecule has 3 nitrogen and oxygen atoms in total. The molecule has 1 heterocycles. The lowest BCUT2D eigenvalue weighted by Crippen LogP contribution is -2.23.